The lowest BCUT2D eigenvalue weighted by atomic mass is 10.1. The number of carbonyl (C=O) groups is 2. The Labute approximate surface area is 115 Å². The largest absolute Gasteiger partial charge is 0.465 e. The second kappa shape index (κ2) is 4.68. The Morgan fingerprint density at radius 1 is 1.50 bits per heavy atom. The molecule has 0 radical (unpaired) electrons. The van der Waals surface area contributed by atoms with Gasteiger partial charge in [0.2, 0.25) is 0 Å². The van der Waals surface area contributed by atoms with Crippen molar-refractivity contribution in [2.45, 2.75) is 12.5 Å². The molecule has 1 saturated heterocycles. The highest BCUT2D eigenvalue weighted by Crippen LogP contribution is 2.33. The minimum Gasteiger partial charge on any atom is -0.465 e. The summed E-state index contributed by atoms with van der Waals surface area (Å²) in [7, 11) is 0. The van der Waals surface area contributed by atoms with Gasteiger partial charge in [0.05, 0.1) is 12.2 Å². The average Bonchev–Trinajstić information content (AvgIpc) is 3.01. The second-order valence-electron chi connectivity index (χ2n) is 4.85. The maximum absolute atomic E-state index is 11.8. The standard InChI is InChI=1S/C13H15N3O4/c14-6-10-7-16(13(19)20-10)9-1-2-11-8(5-9)3-4-15(11)12(17)18/h1-2,5,10H,3-4,6-7,14H2,(H,17,18)/t10-/m0/s1. The SMILES string of the molecule is NC[C@H]1CN(c2ccc3c(c2)CCN3C(=O)O)C(=O)O1. The third-order valence-corrected chi connectivity index (χ3v) is 3.64. The predicted molar refractivity (Wildman–Crippen MR) is 72.2 cm³/mol. The van der Waals surface area contributed by atoms with Gasteiger partial charge in [-0.05, 0) is 30.2 Å². The predicted octanol–water partition coefficient (Wildman–Crippen LogP) is 1.01. The Morgan fingerprint density at radius 3 is 2.95 bits per heavy atom. The summed E-state index contributed by atoms with van der Waals surface area (Å²) in [6, 6.07) is 5.31. The molecule has 3 rings (SSSR count). The highest BCUT2D eigenvalue weighted by molar-refractivity contribution is 5.93. The van der Waals surface area contributed by atoms with Crippen LogP contribution in [-0.4, -0.2) is 43.0 Å². The van der Waals surface area contributed by atoms with Crippen molar-refractivity contribution < 1.29 is 19.4 Å². The van der Waals surface area contributed by atoms with Gasteiger partial charge in [-0.15, -0.1) is 0 Å². The molecule has 1 aromatic carbocycles. The second-order valence-corrected chi connectivity index (χ2v) is 4.85. The molecule has 2 heterocycles. The van der Waals surface area contributed by atoms with E-state index in [1.807, 2.05) is 6.07 Å². The molecule has 1 atom stereocenters. The number of carboxylic acid groups (broad SMARTS) is 1. The van der Waals surface area contributed by atoms with Crippen molar-refractivity contribution in [3.05, 3.63) is 23.8 Å². The van der Waals surface area contributed by atoms with E-state index in [9.17, 15) is 9.59 Å². The van der Waals surface area contributed by atoms with Crippen molar-refractivity contribution in [2.75, 3.05) is 29.4 Å². The first-order valence-corrected chi connectivity index (χ1v) is 6.41. The average molecular weight is 277 g/mol. The van der Waals surface area contributed by atoms with Crippen LogP contribution >= 0.6 is 0 Å². The number of cyclic esters (lactones) is 1. The third kappa shape index (κ3) is 1.96. The molecule has 7 heteroatoms. The number of amides is 2. The van der Waals surface area contributed by atoms with E-state index < -0.39 is 12.2 Å². The molecular weight excluding hydrogens is 262 g/mol. The Hall–Kier alpha value is -2.28. The zero-order valence-electron chi connectivity index (χ0n) is 10.8. The van der Waals surface area contributed by atoms with E-state index in [1.165, 1.54) is 9.80 Å². The lowest BCUT2D eigenvalue weighted by molar-refractivity contribution is 0.145. The van der Waals surface area contributed by atoms with E-state index in [4.69, 9.17) is 15.6 Å². The van der Waals surface area contributed by atoms with Crippen LogP contribution in [0.4, 0.5) is 21.0 Å². The molecule has 0 bridgehead atoms. The van der Waals surface area contributed by atoms with Crippen molar-refractivity contribution in [1.29, 1.82) is 0 Å². The minimum atomic E-state index is -0.958. The van der Waals surface area contributed by atoms with Crippen LogP contribution in [0.3, 0.4) is 0 Å². The number of fused-ring (bicyclic) bond motifs is 1. The Kier molecular flexibility index (Phi) is 2.98. The zero-order chi connectivity index (χ0) is 14.3. The molecule has 0 aromatic heterocycles. The van der Waals surface area contributed by atoms with E-state index in [0.717, 1.165) is 11.3 Å². The van der Waals surface area contributed by atoms with Crippen molar-refractivity contribution >= 4 is 23.6 Å². The number of rotatable bonds is 2. The van der Waals surface area contributed by atoms with Gasteiger partial charge in [0.25, 0.3) is 0 Å². The first kappa shape index (κ1) is 12.7. The molecule has 20 heavy (non-hydrogen) atoms. The molecule has 7 nitrogen and oxygen atoms in total. The Balaban J connectivity index is 1.87. The zero-order valence-corrected chi connectivity index (χ0v) is 10.8. The maximum Gasteiger partial charge on any atom is 0.414 e. The molecule has 106 valence electrons. The van der Waals surface area contributed by atoms with E-state index in [0.29, 0.717) is 31.7 Å². The summed E-state index contributed by atoms with van der Waals surface area (Å²) in [5.41, 5.74) is 7.83. The number of hydrogen-bond donors (Lipinski definition) is 2. The molecule has 0 saturated carbocycles. The number of benzene rings is 1. The van der Waals surface area contributed by atoms with Gasteiger partial charge in [-0.1, -0.05) is 0 Å². The van der Waals surface area contributed by atoms with Crippen molar-refractivity contribution in [1.82, 2.24) is 0 Å². The molecular formula is C13H15N3O4. The summed E-state index contributed by atoms with van der Waals surface area (Å²) in [5, 5.41) is 9.08. The van der Waals surface area contributed by atoms with Crippen LogP contribution in [0.25, 0.3) is 0 Å². The smallest absolute Gasteiger partial charge is 0.414 e. The summed E-state index contributed by atoms with van der Waals surface area (Å²) in [5.74, 6) is 0. The molecule has 0 unspecified atom stereocenters. The number of ether oxygens (including phenoxy) is 1. The van der Waals surface area contributed by atoms with Gasteiger partial charge < -0.3 is 15.6 Å². The fourth-order valence-corrected chi connectivity index (χ4v) is 2.61. The van der Waals surface area contributed by atoms with E-state index >= 15 is 0 Å². The Bertz CT molecular complexity index is 575. The number of anilines is 2. The van der Waals surface area contributed by atoms with E-state index in [2.05, 4.69) is 0 Å². The molecule has 2 amide bonds. The van der Waals surface area contributed by atoms with Crippen molar-refractivity contribution in [3.63, 3.8) is 0 Å². The summed E-state index contributed by atoms with van der Waals surface area (Å²) in [4.78, 5) is 25.7. The van der Waals surface area contributed by atoms with Gasteiger partial charge >= 0.3 is 12.2 Å². The summed E-state index contributed by atoms with van der Waals surface area (Å²) < 4.78 is 5.11. The lowest BCUT2D eigenvalue weighted by Crippen LogP contribution is -2.27. The van der Waals surface area contributed by atoms with Gasteiger partial charge in [0.1, 0.15) is 6.10 Å². The molecule has 3 N–H and O–H groups in total. The van der Waals surface area contributed by atoms with Crippen LogP contribution in [0.1, 0.15) is 5.56 Å². The summed E-state index contributed by atoms with van der Waals surface area (Å²) in [6.45, 7) is 1.17. The van der Waals surface area contributed by atoms with Gasteiger partial charge in [0, 0.05) is 18.8 Å². The molecule has 0 aliphatic carbocycles. The van der Waals surface area contributed by atoms with Gasteiger partial charge in [-0.2, -0.15) is 0 Å². The third-order valence-electron chi connectivity index (χ3n) is 3.64. The Morgan fingerprint density at radius 2 is 2.30 bits per heavy atom. The highest BCUT2D eigenvalue weighted by atomic mass is 16.6. The van der Waals surface area contributed by atoms with Crippen LogP contribution in [0.5, 0.6) is 0 Å². The topological polar surface area (TPSA) is 96.1 Å². The first-order valence-electron chi connectivity index (χ1n) is 6.41. The van der Waals surface area contributed by atoms with Gasteiger partial charge in [0.15, 0.2) is 0 Å². The molecule has 1 fully saturated rings. The van der Waals surface area contributed by atoms with Gasteiger partial charge in [-0.25, -0.2) is 9.59 Å². The van der Waals surface area contributed by atoms with E-state index in [-0.39, 0.29) is 6.10 Å². The van der Waals surface area contributed by atoms with Crippen LogP contribution in [0.15, 0.2) is 18.2 Å². The molecule has 1 aromatic rings. The van der Waals surface area contributed by atoms with Crippen LogP contribution in [-0.2, 0) is 11.2 Å². The number of carbonyl (C=O) groups excluding carboxylic acids is 1. The lowest BCUT2D eigenvalue weighted by Gasteiger charge is -2.16. The van der Waals surface area contributed by atoms with Crippen LogP contribution in [0.2, 0.25) is 0 Å². The van der Waals surface area contributed by atoms with Crippen molar-refractivity contribution in [3.8, 4) is 0 Å². The number of hydrogen-bond acceptors (Lipinski definition) is 4. The van der Waals surface area contributed by atoms with Crippen molar-refractivity contribution in [2.24, 2.45) is 5.73 Å². The summed E-state index contributed by atoms with van der Waals surface area (Å²) in [6.07, 6.45) is -1.00. The molecule has 2 aliphatic rings. The van der Waals surface area contributed by atoms with Gasteiger partial charge in [-0.3, -0.25) is 9.80 Å². The minimum absolute atomic E-state index is 0.286. The fraction of sp³-hybridized carbons (Fsp3) is 0.385. The maximum atomic E-state index is 11.8. The monoisotopic (exact) mass is 277 g/mol. The first-order chi connectivity index (χ1) is 9.60. The van der Waals surface area contributed by atoms with E-state index in [1.54, 1.807) is 12.1 Å². The molecule has 2 aliphatic heterocycles. The highest BCUT2D eigenvalue weighted by Gasteiger charge is 2.32. The number of nitrogens with two attached hydrogens (primary N) is 1. The van der Waals surface area contributed by atoms with Crippen LogP contribution in [0, 0.1) is 0 Å². The quantitative estimate of drug-likeness (QED) is 0.841. The fourth-order valence-electron chi connectivity index (χ4n) is 2.61. The van der Waals surface area contributed by atoms with Crippen LogP contribution < -0.4 is 15.5 Å². The molecule has 0 spiro atoms. The summed E-state index contributed by atoms with van der Waals surface area (Å²) >= 11 is 0. The number of nitrogens with zero attached hydrogens (tertiary/aromatic N) is 2. The normalized spacial score (nSPS) is 21.1.